The van der Waals surface area contributed by atoms with Crippen LogP contribution in [0.15, 0.2) is 54.6 Å². The van der Waals surface area contributed by atoms with Gasteiger partial charge in [0, 0.05) is 19.6 Å². The van der Waals surface area contributed by atoms with Crippen molar-refractivity contribution in [3.8, 4) is 5.75 Å². The van der Waals surface area contributed by atoms with Crippen LogP contribution >= 0.6 is 10.6 Å². The molecule has 7 heteroatoms. The molecule has 30 heavy (non-hydrogen) atoms. The molecule has 3 N–H and O–H groups in total. The molecule has 0 aliphatic carbocycles. The highest BCUT2D eigenvalue weighted by molar-refractivity contribution is 8.25. The van der Waals surface area contributed by atoms with Crippen LogP contribution in [-0.4, -0.2) is 49.5 Å². The number of rotatable bonds is 6. The van der Waals surface area contributed by atoms with Gasteiger partial charge in [0.05, 0.1) is 12.2 Å². The van der Waals surface area contributed by atoms with Crippen molar-refractivity contribution in [2.75, 3.05) is 18.8 Å². The van der Waals surface area contributed by atoms with Crippen molar-refractivity contribution >= 4 is 16.6 Å². The molecule has 0 bridgehead atoms. The first-order valence-corrected chi connectivity index (χ1v) is 11.8. The number of benzene rings is 2. The molecule has 2 aromatic rings. The third-order valence-corrected chi connectivity index (χ3v) is 7.80. The molecule has 1 fully saturated rings. The Labute approximate surface area is 179 Å². The molecule has 0 saturated carbocycles. The zero-order valence-corrected chi connectivity index (χ0v) is 18.6. The lowest BCUT2D eigenvalue weighted by Gasteiger charge is -2.56. The van der Waals surface area contributed by atoms with Gasteiger partial charge in [-0.1, -0.05) is 42.5 Å². The van der Waals surface area contributed by atoms with Crippen LogP contribution in [0.25, 0.3) is 0 Å². The number of carbonyl (C=O) groups is 1. The smallest absolute Gasteiger partial charge is 0.305 e. The molecule has 164 valence electrons. The Morgan fingerprint density at radius 3 is 2.30 bits per heavy atom. The highest BCUT2D eigenvalue weighted by Gasteiger charge is 2.50. The molecule has 0 aromatic heterocycles. The monoisotopic (exact) mass is 433 g/mol. The van der Waals surface area contributed by atoms with E-state index < -0.39 is 21.3 Å². The largest absolute Gasteiger partial charge is 0.488 e. The second kappa shape index (κ2) is 8.59. The first-order chi connectivity index (χ1) is 14.0. The maximum Gasteiger partial charge on any atom is 0.305 e. The van der Waals surface area contributed by atoms with Crippen molar-refractivity contribution in [3.05, 3.63) is 65.7 Å². The standard InChI is InChI=1S/C23H31NO5S/c1-22(2,3)29-20-11-9-19(10-12-20)23(15-21(25)26)17-24(13-14-30(23,27)28)16-18-7-5-4-6-8-18/h4-12,27-28H,13-17H2,1-3H3,(H,25,26). The first kappa shape index (κ1) is 22.6. The van der Waals surface area contributed by atoms with E-state index in [4.69, 9.17) is 4.74 Å². The third-order valence-electron chi connectivity index (χ3n) is 5.29. The Kier molecular flexibility index (Phi) is 6.48. The van der Waals surface area contributed by atoms with Crippen molar-refractivity contribution in [2.24, 2.45) is 0 Å². The summed E-state index contributed by atoms with van der Waals surface area (Å²) in [5, 5.41) is 9.66. The van der Waals surface area contributed by atoms with Crippen LogP contribution in [0.1, 0.15) is 38.3 Å². The summed E-state index contributed by atoms with van der Waals surface area (Å²) in [5.41, 5.74) is 1.36. The minimum atomic E-state index is -3.17. The molecule has 6 nitrogen and oxygen atoms in total. The number of ether oxygens (including phenoxy) is 1. The summed E-state index contributed by atoms with van der Waals surface area (Å²) in [6, 6.07) is 17.0. The summed E-state index contributed by atoms with van der Waals surface area (Å²) in [6.07, 6.45) is -0.347. The van der Waals surface area contributed by atoms with E-state index in [0.717, 1.165) is 5.56 Å². The Morgan fingerprint density at radius 2 is 1.73 bits per heavy atom. The van der Waals surface area contributed by atoms with Gasteiger partial charge in [-0.15, -0.1) is 0 Å². The minimum Gasteiger partial charge on any atom is -0.488 e. The summed E-state index contributed by atoms with van der Waals surface area (Å²) >= 11 is 0. The molecule has 1 atom stereocenters. The summed E-state index contributed by atoms with van der Waals surface area (Å²) in [6.45, 7) is 7.24. The van der Waals surface area contributed by atoms with Crippen LogP contribution in [0.4, 0.5) is 0 Å². The zero-order chi connectivity index (χ0) is 22.0. The molecule has 2 aromatic carbocycles. The van der Waals surface area contributed by atoms with Gasteiger partial charge in [0.1, 0.15) is 16.1 Å². The Bertz CT molecular complexity index is 863. The molecule has 3 rings (SSSR count). The van der Waals surface area contributed by atoms with Crippen LogP contribution in [0.2, 0.25) is 0 Å². The molecule has 0 radical (unpaired) electrons. The molecule has 1 aliphatic rings. The fraction of sp³-hybridized carbons (Fsp3) is 0.435. The topological polar surface area (TPSA) is 90.2 Å². The average molecular weight is 434 g/mol. The van der Waals surface area contributed by atoms with E-state index >= 15 is 0 Å². The average Bonchev–Trinajstić information content (AvgIpc) is 2.64. The van der Waals surface area contributed by atoms with E-state index in [-0.39, 0.29) is 24.3 Å². The quantitative estimate of drug-likeness (QED) is 0.606. The molecule has 1 heterocycles. The zero-order valence-electron chi connectivity index (χ0n) is 17.7. The van der Waals surface area contributed by atoms with Crippen molar-refractivity contribution in [3.63, 3.8) is 0 Å². The Balaban J connectivity index is 1.94. The number of carboxylic acids is 1. The summed E-state index contributed by atoms with van der Waals surface area (Å²) in [4.78, 5) is 13.9. The summed E-state index contributed by atoms with van der Waals surface area (Å²) in [5.74, 6) is -0.246. The molecular weight excluding hydrogens is 402 g/mol. The van der Waals surface area contributed by atoms with Crippen molar-refractivity contribution < 1.29 is 23.7 Å². The van der Waals surface area contributed by atoms with Crippen LogP contribution in [0, 0.1) is 0 Å². The van der Waals surface area contributed by atoms with Crippen LogP contribution < -0.4 is 4.74 Å². The van der Waals surface area contributed by atoms with Crippen LogP contribution in [-0.2, 0) is 16.1 Å². The van der Waals surface area contributed by atoms with Gasteiger partial charge in [0.25, 0.3) is 0 Å². The molecule has 0 amide bonds. The van der Waals surface area contributed by atoms with E-state index in [2.05, 4.69) is 4.90 Å². The predicted octanol–water partition coefficient (Wildman–Crippen LogP) is 4.80. The van der Waals surface area contributed by atoms with E-state index in [1.54, 1.807) is 24.3 Å². The van der Waals surface area contributed by atoms with E-state index in [1.807, 2.05) is 51.1 Å². The lowest BCUT2D eigenvalue weighted by atomic mass is 9.93. The van der Waals surface area contributed by atoms with Crippen molar-refractivity contribution in [1.29, 1.82) is 0 Å². The lowest BCUT2D eigenvalue weighted by Crippen LogP contribution is -2.52. The predicted molar refractivity (Wildman–Crippen MR) is 120 cm³/mol. The first-order valence-electron chi connectivity index (χ1n) is 10.0. The van der Waals surface area contributed by atoms with Crippen molar-refractivity contribution in [1.82, 2.24) is 4.90 Å². The molecule has 1 saturated heterocycles. The fourth-order valence-corrected chi connectivity index (χ4v) is 6.11. The lowest BCUT2D eigenvalue weighted by molar-refractivity contribution is -0.138. The van der Waals surface area contributed by atoms with Crippen LogP contribution in [0.3, 0.4) is 0 Å². The van der Waals surface area contributed by atoms with E-state index in [0.29, 0.717) is 24.4 Å². The molecule has 1 unspecified atom stereocenters. The van der Waals surface area contributed by atoms with Gasteiger partial charge in [-0.3, -0.25) is 18.8 Å². The number of carboxylic acid groups (broad SMARTS) is 1. The van der Waals surface area contributed by atoms with E-state index in [1.165, 1.54) is 0 Å². The van der Waals surface area contributed by atoms with Gasteiger partial charge >= 0.3 is 5.97 Å². The molecule has 1 aliphatic heterocycles. The SMILES string of the molecule is CC(C)(C)Oc1ccc(C2(CC(=O)O)CN(Cc3ccccc3)CCS2(O)O)cc1. The number of aliphatic carboxylic acids is 1. The normalized spacial score (nSPS) is 23.0. The highest BCUT2D eigenvalue weighted by Crippen LogP contribution is 2.62. The minimum absolute atomic E-state index is 0.146. The van der Waals surface area contributed by atoms with Gasteiger partial charge in [0.15, 0.2) is 0 Å². The number of hydrogen-bond donors (Lipinski definition) is 3. The van der Waals surface area contributed by atoms with Gasteiger partial charge in [-0.2, -0.15) is 10.6 Å². The summed E-state index contributed by atoms with van der Waals surface area (Å²) < 4.78 is 26.7. The second-order valence-electron chi connectivity index (χ2n) is 8.87. The van der Waals surface area contributed by atoms with E-state index in [9.17, 15) is 19.0 Å². The number of hydrogen-bond acceptors (Lipinski definition) is 5. The maximum absolute atomic E-state index is 11.8. The highest BCUT2D eigenvalue weighted by atomic mass is 32.3. The maximum atomic E-state index is 11.8. The van der Waals surface area contributed by atoms with Gasteiger partial charge in [0.2, 0.25) is 0 Å². The fourth-order valence-electron chi connectivity index (χ4n) is 3.95. The molecular formula is C23H31NO5S. The van der Waals surface area contributed by atoms with Gasteiger partial charge < -0.3 is 9.84 Å². The van der Waals surface area contributed by atoms with Gasteiger partial charge in [-0.05, 0) is 44.0 Å². The Morgan fingerprint density at radius 1 is 1.10 bits per heavy atom. The van der Waals surface area contributed by atoms with Crippen LogP contribution in [0.5, 0.6) is 5.75 Å². The molecule has 0 spiro atoms. The van der Waals surface area contributed by atoms with Crippen molar-refractivity contribution in [2.45, 2.75) is 44.1 Å². The Hall–Kier alpha value is -2.06. The number of nitrogens with zero attached hydrogens (tertiary/aromatic N) is 1. The van der Waals surface area contributed by atoms with Gasteiger partial charge in [-0.25, -0.2) is 0 Å². The second-order valence-corrected chi connectivity index (χ2v) is 11.4. The summed E-state index contributed by atoms with van der Waals surface area (Å²) in [7, 11) is -3.17. The third kappa shape index (κ3) is 5.16.